The zero-order valence-electron chi connectivity index (χ0n) is 11.3. The Balaban J connectivity index is 0.00000220. The van der Waals surface area contributed by atoms with Crippen LogP contribution in [0.25, 0.3) is 5.70 Å². The van der Waals surface area contributed by atoms with Crippen molar-refractivity contribution in [3.8, 4) is 11.8 Å². The van der Waals surface area contributed by atoms with E-state index in [2.05, 4.69) is 22.0 Å². The molecule has 0 saturated heterocycles. The third-order valence-electron chi connectivity index (χ3n) is 2.88. The van der Waals surface area contributed by atoms with Gasteiger partial charge in [0.15, 0.2) is 6.61 Å². The second-order valence-electron chi connectivity index (χ2n) is 4.18. The molecule has 0 spiro atoms. The van der Waals surface area contributed by atoms with Gasteiger partial charge in [-0.15, -0.1) is 28.9 Å². The van der Waals surface area contributed by atoms with Gasteiger partial charge >= 0.3 is 0 Å². The fourth-order valence-corrected chi connectivity index (χ4v) is 2.65. The summed E-state index contributed by atoms with van der Waals surface area (Å²) >= 11 is 9.35. The number of allylic oxidation sites excluding steroid dienone is 1. The van der Waals surface area contributed by atoms with E-state index >= 15 is 0 Å². The first-order valence-corrected chi connectivity index (χ1v) is 7.09. The summed E-state index contributed by atoms with van der Waals surface area (Å²) in [4.78, 5) is 13.4. The van der Waals surface area contributed by atoms with Gasteiger partial charge in [-0.05, 0) is 12.1 Å². The molecule has 0 aliphatic carbocycles. The molecule has 1 amide bonds. The maximum absolute atomic E-state index is 11.9. The number of nitrogens with zero attached hydrogens (tertiary/aromatic N) is 2. The molecule has 1 atom stereocenters. The van der Waals surface area contributed by atoms with E-state index < -0.39 is 5.38 Å². The minimum absolute atomic E-state index is 0. The Hall–Kier alpha value is -0.406. The molecule has 1 unspecified atom stereocenters. The van der Waals surface area contributed by atoms with Gasteiger partial charge in [0, 0.05) is 39.8 Å². The zero-order chi connectivity index (χ0) is 14.7. The molecule has 21 heavy (non-hydrogen) atoms. The molecular weight excluding hydrogens is 432 g/mol. The number of carbonyl (C=O) groups excluding carboxylic acids is 1. The molecule has 2 rings (SSSR count). The Labute approximate surface area is 162 Å². The number of alkyl halides is 1. The van der Waals surface area contributed by atoms with E-state index in [1.54, 1.807) is 19.2 Å². The molecule has 0 bridgehead atoms. The van der Waals surface area contributed by atoms with Crippen molar-refractivity contribution in [2.75, 3.05) is 13.7 Å². The Bertz CT molecular complexity index is 615. The van der Waals surface area contributed by atoms with Crippen LogP contribution in [0.2, 0.25) is 0 Å². The van der Waals surface area contributed by atoms with Crippen LogP contribution < -0.4 is 4.74 Å². The van der Waals surface area contributed by atoms with E-state index in [-0.39, 0.29) is 45.2 Å². The monoisotopic (exact) mass is 442 g/mol. The molecule has 7 heteroatoms. The molecule has 0 fully saturated rings. The standard InChI is InChI=1S/C14H11BrClN2O2.Y/c1-18-13(5-4-12(16)14(18)19)10-3-2-9(8-11(10)15)20-7-6-17;/h2-3,8,12H,4,7H2,1H3;/q-1;. The average Bonchev–Trinajstić information content (AvgIpc) is 2.44. The molecule has 1 radical (unpaired) electrons. The van der Waals surface area contributed by atoms with E-state index in [0.717, 1.165) is 10.0 Å². The summed E-state index contributed by atoms with van der Waals surface area (Å²) in [6.45, 7) is -0.00702. The van der Waals surface area contributed by atoms with Crippen LogP contribution in [0, 0.1) is 17.4 Å². The number of halogens is 2. The number of hydrogen-bond donors (Lipinski definition) is 0. The maximum Gasteiger partial charge on any atom is 0.240 e. The van der Waals surface area contributed by atoms with Crippen LogP contribution in [-0.4, -0.2) is 29.8 Å². The quantitative estimate of drug-likeness (QED) is 0.533. The average molecular weight is 444 g/mol. The van der Waals surface area contributed by atoms with Gasteiger partial charge in [0.2, 0.25) is 5.91 Å². The van der Waals surface area contributed by atoms with Crippen molar-refractivity contribution in [3.63, 3.8) is 0 Å². The third kappa shape index (κ3) is 4.29. The van der Waals surface area contributed by atoms with Gasteiger partial charge < -0.3 is 9.64 Å². The van der Waals surface area contributed by atoms with Crippen LogP contribution in [0.15, 0.2) is 22.7 Å². The predicted molar refractivity (Wildman–Crippen MR) is 78.9 cm³/mol. The molecule has 1 aliphatic heterocycles. The minimum atomic E-state index is -0.555. The van der Waals surface area contributed by atoms with Gasteiger partial charge in [0.1, 0.15) is 17.2 Å². The summed E-state index contributed by atoms with van der Waals surface area (Å²) in [7, 11) is 1.67. The topological polar surface area (TPSA) is 53.3 Å². The smallest absolute Gasteiger partial charge is 0.240 e. The van der Waals surface area contributed by atoms with Gasteiger partial charge in [-0.2, -0.15) is 5.26 Å². The van der Waals surface area contributed by atoms with Gasteiger partial charge in [0.05, 0.1) is 0 Å². The molecule has 0 aromatic heterocycles. The first kappa shape index (κ1) is 18.6. The Kier molecular flexibility index (Phi) is 7.36. The van der Waals surface area contributed by atoms with Gasteiger partial charge in [-0.25, -0.2) is 6.08 Å². The number of rotatable bonds is 3. The molecule has 4 nitrogen and oxygen atoms in total. The third-order valence-corrected chi connectivity index (χ3v) is 3.88. The number of carbonyl (C=O) groups is 1. The van der Waals surface area contributed by atoms with Crippen LogP contribution in [-0.2, 0) is 37.5 Å². The molecule has 1 aromatic rings. The Morgan fingerprint density at radius 1 is 1.62 bits per heavy atom. The van der Waals surface area contributed by atoms with Gasteiger partial charge in [-0.3, -0.25) is 4.79 Å². The fraction of sp³-hybridized carbons (Fsp3) is 0.286. The van der Waals surface area contributed by atoms with Crippen molar-refractivity contribution < 1.29 is 42.2 Å². The summed E-state index contributed by atoms with van der Waals surface area (Å²) in [6, 6.07) is 7.23. The van der Waals surface area contributed by atoms with Crippen molar-refractivity contribution in [1.29, 1.82) is 5.26 Å². The van der Waals surface area contributed by atoms with Crippen LogP contribution in [0.1, 0.15) is 12.0 Å². The van der Waals surface area contributed by atoms with Crippen LogP contribution >= 0.6 is 27.5 Å². The SMILES string of the molecule is CN1C(=O)C(Cl)C[C-]=C1c1ccc(OCC#N)cc1Br.[Y]. The predicted octanol–water partition coefficient (Wildman–Crippen LogP) is 2.96. The second kappa shape index (κ2) is 8.29. The van der Waals surface area contributed by atoms with Crippen LogP contribution in [0.3, 0.4) is 0 Å². The summed E-state index contributed by atoms with van der Waals surface area (Å²) in [5, 5.41) is 7.93. The fourth-order valence-electron chi connectivity index (χ4n) is 1.88. The minimum Gasteiger partial charge on any atom is -0.479 e. The molecule has 107 valence electrons. The number of ether oxygens (including phenoxy) is 1. The Morgan fingerprint density at radius 2 is 2.33 bits per heavy atom. The van der Waals surface area contributed by atoms with E-state index in [9.17, 15) is 4.79 Å². The first-order valence-electron chi connectivity index (χ1n) is 5.86. The zero-order valence-corrected chi connectivity index (χ0v) is 16.4. The number of nitriles is 1. The molecule has 1 heterocycles. The summed E-state index contributed by atoms with van der Waals surface area (Å²) in [5.41, 5.74) is 1.51. The Morgan fingerprint density at radius 3 is 2.95 bits per heavy atom. The van der Waals surface area contributed by atoms with E-state index in [0.29, 0.717) is 17.9 Å². The van der Waals surface area contributed by atoms with Crippen LogP contribution in [0.5, 0.6) is 5.75 Å². The number of benzene rings is 1. The van der Waals surface area contributed by atoms with Crippen LogP contribution in [0.4, 0.5) is 0 Å². The van der Waals surface area contributed by atoms with E-state index in [4.69, 9.17) is 21.6 Å². The first-order chi connectivity index (χ1) is 9.54. The number of hydrogen-bond acceptors (Lipinski definition) is 3. The largest absolute Gasteiger partial charge is 0.479 e. The van der Waals surface area contributed by atoms with E-state index in [1.165, 1.54) is 4.90 Å². The summed E-state index contributed by atoms with van der Waals surface area (Å²) < 4.78 is 5.99. The van der Waals surface area contributed by atoms with E-state index in [1.807, 2.05) is 12.1 Å². The van der Waals surface area contributed by atoms with Crippen molar-refractivity contribution in [2.24, 2.45) is 0 Å². The maximum atomic E-state index is 11.9. The molecule has 0 N–H and O–H groups in total. The second-order valence-corrected chi connectivity index (χ2v) is 5.56. The molecular formula is C14H11BrClN2O2Y-. The summed E-state index contributed by atoms with van der Waals surface area (Å²) in [5.74, 6) is 0.444. The van der Waals surface area contributed by atoms with Crippen molar-refractivity contribution in [1.82, 2.24) is 4.90 Å². The normalized spacial score (nSPS) is 17.6. The summed E-state index contributed by atoms with van der Waals surface area (Å²) in [6.07, 6.45) is 3.52. The molecule has 1 aliphatic rings. The number of amides is 1. The van der Waals surface area contributed by atoms with Gasteiger partial charge in [0.25, 0.3) is 0 Å². The molecule has 1 aromatic carbocycles. The van der Waals surface area contributed by atoms with Crippen molar-refractivity contribution in [3.05, 3.63) is 34.3 Å². The van der Waals surface area contributed by atoms with Crippen molar-refractivity contribution >= 4 is 39.1 Å². The molecule has 0 saturated carbocycles. The van der Waals surface area contributed by atoms with Crippen molar-refractivity contribution in [2.45, 2.75) is 11.8 Å². The van der Waals surface area contributed by atoms with Gasteiger partial charge in [-0.1, -0.05) is 26.8 Å².